The summed E-state index contributed by atoms with van der Waals surface area (Å²) in [5, 5.41) is 14.2. The molecule has 0 aliphatic rings. The summed E-state index contributed by atoms with van der Waals surface area (Å²) in [6.07, 6.45) is 3.70. The number of aromatic nitrogens is 2. The van der Waals surface area contributed by atoms with Crippen LogP contribution in [0.2, 0.25) is 0 Å². The Bertz CT molecular complexity index is 478. The second-order valence-electron chi connectivity index (χ2n) is 3.99. The van der Waals surface area contributed by atoms with Crippen molar-refractivity contribution in [3.8, 4) is 0 Å². The van der Waals surface area contributed by atoms with Gasteiger partial charge in [0.1, 0.15) is 11.9 Å². The van der Waals surface area contributed by atoms with Gasteiger partial charge in [0.15, 0.2) is 0 Å². The van der Waals surface area contributed by atoms with Crippen LogP contribution < -0.4 is 0 Å². The van der Waals surface area contributed by atoms with Crippen LogP contribution in [0.3, 0.4) is 0 Å². The van der Waals surface area contributed by atoms with Gasteiger partial charge >= 0.3 is 0 Å². The van der Waals surface area contributed by atoms with Gasteiger partial charge in [-0.3, -0.25) is 4.68 Å². The Kier molecular flexibility index (Phi) is 3.54. The van der Waals surface area contributed by atoms with E-state index < -0.39 is 6.10 Å². The van der Waals surface area contributed by atoms with Crippen molar-refractivity contribution >= 4 is 0 Å². The molecule has 0 saturated carbocycles. The Hall–Kier alpha value is -1.68. The van der Waals surface area contributed by atoms with Crippen LogP contribution >= 0.6 is 0 Å². The number of rotatable bonds is 4. The number of hydrogen-bond donors (Lipinski definition) is 1. The maximum Gasteiger partial charge on any atom is 0.123 e. The van der Waals surface area contributed by atoms with Gasteiger partial charge in [0, 0.05) is 18.3 Å². The predicted molar refractivity (Wildman–Crippen MR) is 63.0 cm³/mol. The van der Waals surface area contributed by atoms with Crippen molar-refractivity contribution in [1.29, 1.82) is 0 Å². The normalized spacial score (nSPS) is 12.6. The minimum absolute atomic E-state index is 0.303. The molecule has 0 aliphatic carbocycles. The molecule has 1 unspecified atom stereocenters. The largest absolute Gasteiger partial charge is 0.384 e. The number of aryl methyl sites for hydroxylation is 1. The van der Waals surface area contributed by atoms with Gasteiger partial charge in [-0.15, -0.1) is 0 Å². The molecule has 0 fully saturated rings. The molecule has 1 atom stereocenters. The minimum atomic E-state index is -0.749. The highest BCUT2D eigenvalue weighted by Crippen LogP contribution is 2.21. The smallest absolute Gasteiger partial charge is 0.123 e. The van der Waals surface area contributed by atoms with E-state index in [9.17, 15) is 9.50 Å². The third kappa shape index (κ3) is 2.71. The molecule has 1 N–H and O–H groups in total. The third-order valence-corrected chi connectivity index (χ3v) is 2.61. The van der Waals surface area contributed by atoms with E-state index in [-0.39, 0.29) is 5.82 Å². The van der Waals surface area contributed by atoms with Crippen LogP contribution in [0, 0.1) is 5.82 Å². The number of hydrogen-bond acceptors (Lipinski definition) is 2. The van der Waals surface area contributed by atoms with Crippen LogP contribution in [0.25, 0.3) is 0 Å². The summed E-state index contributed by atoms with van der Waals surface area (Å²) in [6.45, 7) is 2.90. The SMILES string of the molecule is CCCn1cc(C(O)c2ccc(F)cc2)cn1. The van der Waals surface area contributed by atoms with Crippen LogP contribution in [0.5, 0.6) is 0 Å². The van der Waals surface area contributed by atoms with E-state index in [0.717, 1.165) is 18.5 Å². The lowest BCUT2D eigenvalue weighted by Gasteiger charge is -2.08. The standard InChI is InChI=1S/C13H15FN2O/c1-2-7-16-9-11(8-15-16)13(17)10-3-5-12(14)6-4-10/h3-6,8-9,13,17H,2,7H2,1H3. The Morgan fingerprint density at radius 2 is 2.00 bits per heavy atom. The van der Waals surface area contributed by atoms with Crippen molar-refractivity contribution in [2.45, 2.75) is 26.0 Å². The summed E-state index contributed by atoms with van der Waals surface area (Å²) in [6, 6.07) is 5.85. The molecule has 90 valence electrons. The maximum atomic E-state index is 12.8. The molecule has 3 nitrogen and oxygen atoms in total. The summed E-state index contributed by atoms with van der Waals surface area (Å²) < 4.78 is 14.6. The molecular weight excluding hydrogens is 219 g/mol. The number of benzene rings is 1. The average molecular weight is 234 g/mol. The van der Waals surface area contributed by atoms with Crippen molar-refractivity contribution in [3.63, 3.8) is 0 Å². The first-order chi connectivity index (χ1) is 8.20. The van der Waals surface area contributed by atoms with Crippen molar-refractivity contribution in [2.75, 3.05) is 0 Å². The summed E-state index contributed by atoms with van der Waals surface area (Å²) in [5.74, 6) is -0.303. The molecule has 4 heteroatoms. The van der Waals surface area contributed by atoms with Gasteiger partial charge in [0.2, 0.25) is 0 Å². The molecule has 0 amide bonds. The van der Waals surface area contributed by atoms with Gasteiger partial charge in [-0.25, -0.2) is 4.39 Å². The Morgan fingerprint density at radius 1 is 1.29 bits per heavy atom. The number of nitrogens with zero attached hydrogens (tertiary/aromatic N) is 2. The van der Waals surface area contributed by atoms with Gasteiger partial charge in [0.25, 0.3) is 0 Å². The molecule has 1 aromatic heterocycles. The lowest BCUT2D eigenvalue weighted by molar-refractivity contribution is 0.220. The maximum absolute atomic E-state index is 12.8. The second kappa shape index (κ2) is 5.10. The van der Waals surface area contributed by atoms with Gasteiger partial charge in [-0.1, -0.05) is 19.1 Å². The zero-order valence-corrected chi connectivity index (χ0v) is 9.68. The highest BCUT2D eigenvalue weighted by molar-refractivity contribution is 5.27. The number of halogens is 1. The highest BCUT2D eigenvalue weighted by atomic mass is 19.1. The van der Waals surface area contributed by atoms with E-state index in [1.807, 2.05) is 6.20 Å². The van der Waals surface area contributed by atoms with E-state index in [0.29, 0.717) is 5.56 Å². The molecule has 0 bridgehead atoms. The first kappa shape index (κ1) is 11.8. The second-order valence-corrected chi connectivity index (χ2v) is 3.99. The van der Waals surface area contributed by atoms with E-state index in [1.165, 1.54) is 12.1 Å². The highest BCUT2D eigenvalue weighted by Gasteiger charge is 2.12. The lowest BCUT2D eigenvalue weighted by Crippen LogP contribution is -1.99. The lowest BCUT2D eigenvalue weighted by atomic mass is 10.1. The first-order valence-electron chi connectivity index (χ1n) is 5.66. The third-order valence-electron chi connectivity index (χ3n) is 2.61. The molecule has 1 aromatic carbocycles. The topological polar surface area (TPSA) is 38.0 Å². The quantitative estimate of drug-likeness (QED) is 0.882. The molecule has 0 spiro atoms. The summed E-state index contributed by atoms with van der Waals surface area (Å²) >= 11 is 0. The number of aliphatic hydroxyl groups excluding tert-OH is 1. The van der Waals surface area contributed by atoms with Crippen molar-refractivity contribution < 1.29 is 9.50 Å². The van der Waals surface area contributed by atoms with E-state index in [1.54, 1.807) is 23.0 Å². The van der Waals surface area contributed by atoms with Crippen molar-refractivity contribution in [1.82, 2.24) is 9.78 Å². The molecular formula is C13H15FN2O. The zero-order valence-electron chi connectivity index (χ0n) is 9.68. The fraction of sp³-hybridized carbons (Fsp3) is 0.308. The first-order valence-corrected chi connectivity index (χ1v) is 5.66. The van der Waals surface area contributed by atoms with E-state index in [2.05, 4.69) is 12.0 Å². The fourth-order valence-corrected chi connectivity index (χ4v) is 1.71. The Morgan fingerprint density at radius 3 is 2.65 bits per heavy atom. The average Bonchev–Trinajstić information content (AvgIpc) is 2.78. The van der Waals surface area contributed by atoms with Gasteiger partial charge < -0.3 is 5.11 Å². The van der Waals surface area contributed by atoms with Crippen molar-refractivity contribution in [3.05, 3.63) is 53.6 Å². The van der Waals surface area contributed by atoms with Crippen molar-refractivity contribution in [2.24, 2.45) is 0 Å². The summed E-state index contributed by atoms with van der Waals surface area (Å²) in [5.41, 5.74) is 1.40. The molecule has 17 heavy (non-hydrogen) atoms. The molecule has 2 aromatic rings. The van der Waals surface area contributed by atoms with Gasteiger partial charge in [-0.2, -0.15) is 5.10 Å². The van der Waals surface area contributed by atoms with Crippen LogP contribution in [0.15, 0.2) is 36.7 Å². The van der Waals surface area contributed by atoms with Crippen LogP contribution in [-0.4, -0.2) is 14.9 Å². The summed E-state index contributed by atoms with van der Waals surface area (Å²) in [7, 11) is 0. The van der Waals surface area contributed by atoms with E-state index in [4.69, 9.17) is 0 Å². The molecule has 0 aliphatic heterocycles. The van der Waals surface area contributed by atoms with E-state index >= 15 is 0 Å². The Labute approximate surface area is 99.5 Å². The number of aliphatic hydroxyl groups is 1. The van der Waals surface area contributed by atoms with Gasteiger partial charge in [-0.05, 0) is 24.1 Å². The Balaban J connectivity index is 2.18. The molecule has 2 rings (SSSR count). The fourth-order valence-electron chi connectivity index (χ4n) is 1.71. The zero-order chi connectivity index (χ0) is 12.3. The van der Waals surface area contributed by atoms with Crippen LogP contribution in [0.1, 0.15) is 30.6 Å². The monoisotopic (exact) mass is 234 g/mol. The molecule has 0 radical (unpaired) electrons. The summed E-state index contributed by atoms with van der Waals surface area (Å²) in [4.78, 5) is 0. The van der Waals surface area contributed by atoms with Crippen LogP contribution in [0.4, 0.5) is 4.39 Å². The molecule has 1 heterocycles. The predicted octanol–water partition coefficient (Wildman–Crippen LogP) is 2.51. The minimum Gasteiger partial charge on any atom is -0.384 e. The molecule has 0 saturated heterocycles. The van der Waals surface area contributed by atoms with Gasteiger partial charge in [0.05, 0.1) is 6.20 Å². The van der Waals surface area contributed by atoms with Crippen LogP contribution in [-0.2, 0) is 6.54 Å².